The molecule has 0 fully saturated rings. The highest BCUT2D eigenvalue weighted by atomic mass is 15.1. The molecule has 4 rings (SSSR count). The van der Waals surface area contributed by atoms with Gasteiger partial charge in [-0.1, -0.05) is 76.2 Å². The first kappa shape index (κ1) is 29.9. The zero-order valence-electron chi connectivity index (χ0n) is 23.7. The van der Waals surface area contributed by atoms with Gasteiger partial charge in [-0.25, -0.2) is 0 Å². The van der Waals surface area contributed by atoms with Crippen LogP contribution in [0.5, 0.6) is 0 Å². The van der Waals surface area contributed by atoms with Gasteiger partial charge in [-0.15, -0.1) is 0 Å². The van der Waals surface area contributed by atoms with Crippen molar-refractivity contribution in [2.75, 3.05) is 19.0 Å². The lowest BCUT2D eigenvalue weighted by Crippen LogP contribution is -2.10. The fraction of sp³-hybridized carbons (Fsp3) is 0.333. The molecule has 0 radical (unpaired) electrons. The number of para-hydroxylation sites is 2. The summed E-state index contributed by atoms with van der Waals surface area (Å²) in [4.78, 5) is 2.30. The first-order valence-electron chi connectivity index (χ1n) is 12.7. The van der Waals surface area contributed by atoms with Crippen molar-refractivity contribution in [1.82, 2.24) is 0 Å². The summed E-state index contributed by atoms with van der Waals surface area (Å²) in [6.07, 6.45) is 11.1. The van der Waals surface area contributed by atoms with E-state index in [-0.39, 0.29) is 7.43 Å². The maximum absolute atomic E-state index is 2.30. The molecule has 0 atom stereocenters. The second kappa shape index (κ2) is 14.3. The monoisotopic (exact) mass is 470 g/mol. The Hall–Kier alpha value is -3.13. The Morgan fingerprint density at radius 2 is 1.46 bits per heavy atom. The van der Waals surface area contributed by atoms with Crippen molar-refractivity contribution in [3.63, 3.8) is 0 Å². The third-order valence-electron chi connectivity index (χ3n) is 6.55. The summed E-state index contributed by atoms with van der Waals surface area (Å²) in [5.74, 6) is 0. The second-order valence-electron chi connectivity index (χ2n) is 8.37. The van der Waals surface area contributed by atoms with E-state index >= 15 is 0 Å². The molecule has 0 aliphatic carbocycles. The van der Waals surface area contributed by atoms with Crippen molar-refractivity contribution in [2.45, 2.75) is 61.3 Å². The molecule has 2 aromatic rings. The molecular formula is C33H46N2. The molecule has 2 heteroatoms. The Morgan fingerprint density at radius 3 is 2.09 bits per heavy atom. The topological polar surface area (TPSA) is 6.25 Å². The van der Waals surface area contributed by atoms with Gasteiger partial charge < -0.3 is 12.3 Å². The van der Waals surface area contributed by atoms with E-state index in [0.717, 1.165) is 12.8 Å². The minimum Gasteiger partial charge on any atom is -0.358 e. The summed E-state index contributed by atoms with van der Waals surface area (Å²) in [6, 6.07) is 17.3. The summed E-state index contributed by atoms with van der Waals surface area (Å²) in [7, 11) is 4.32. The smallest absolute Gasteiger partial charge is 0.208 e. The highest BCUT2D eigenvalue weighted by Gasteiger charge is 2.24. The van der Waals surface area contributed by atoms with Crippen molar-refractivity contribution >= 4 is 17.1 Å². The molecule has 35 heavy (non-hydrogen) atoms. The molecule has 0 bridgehead atoms. The molecule has 0 amide bonds. The summed E-state index contributed by atoms with van der Waals surface area (Å²) in [6.45, 7) is 14.6. The van der Waals surface area contributed by atoms with E-state index < -0.39 is 0 Å². The lowest BCUT2D eigenvalue weighted by molar-refractivity contribution is -0.400. The van der Waals surface area contributed by atoms with E-state index in [1.54, 1.807) is 0 Å². The molecule has 0 N–H and O–H groups in total. The SMILES string of the molecule is CC.CC.CC(=C\C=C1/Cc2ccccc2N1C)/C(C)=C(C)/C=C/C1=[N+](C)c2ccccc2C1.[CH3-]. The summed E-state index contributed by atoms with van der Waals surface area (Å²) in [5, 5.41) is 0. The molecule has 2 aliphatic heterocycles. The van der Waals surface area contributed by atoms with E-state index in [9.17, 15) is 0 Å². The van der Waals surface area contributed by atoms with Crippen LogP contribution in [0, 0.1) is 7.43 Å². The minimum absolute atomic E-state index is 0. The number of hydrogen-bond donors (Lipinski definition) is 0. The van der Waals surface area contributed by atoms with Crippen LogP contribution in [-0.4, -0.2) is 24.4 Å². The predicted octanol–water partition coefficient (Wildman–Crippen LogP) is 8.88. The molecule has 0 saturated heterocycles. The van der Waals surface area contributed by atoms with E-state index in [2.05, 4.69) is 117 Å². The van der Waals surface area contributed by atoms with Gasteiger partial charge in [0.2, 0.25) is 5.69 Å². The molecule has 2 heterocycles. The fourth-order valence-electron chi connectivity index (χ4n) is 4.26. The lowest BCUT2D eigenvalue weighted by atomic mass is 10.0. The van der Waals surface area contributed by atoms with Gasteiger partial charge in [-0.2, -0.15) is 4.58 Å². The normalized spacial score (nSPS) is 16.1. The third-order valence-corrected chi connectivity index (χ3v) is 6.55. The largest absolute Gasteiger partial charge is 0.358 e. The molecular weight excluding hydrogens is 424 g/mol. The van der Waals surface area contributed by atoms with E-state index in [1.807, 2.05) is 27.7 Å². The van der Waals surface area contributed by atoms with Gasteiger partial charge in [-0.3, -0.25) is 0 Å². The van der Waals surface area contributed by atoms with Crippen LogP contribution in [0.25, 0.3) is 0 Å². The highest BCUT2D eigenvalue weighted by molar-refractivity contribution is 5.96. The average Bonchev–Trinajstić information content (AvgIpc) is 3.39. The molecule has 2 aromatic carbocycles. The Bertz CT molecular complexity index is 1140. The minimum atomic E-state index is 0. The van der Waals surface area contributed by atoms with Crippen LogP contribution in [0.15, 0.2) is 95.3 Å². The first-order valence-corrected chi connectivity index (χ1v) is 12.7. The molecule has 0 spiro atoms. The van der Waals surface area contributed by atoms with Gasteiger partial charge in [-0.05, 0) is 55.2 Å². The maximum Gasteiger partial charge on any atom is 0.208 e. The number of likely N-dealkylation sites (N-methyl/N-ethyl adjacent to an activating group) is 1. The standard InChI is InChI=1S/C28H31N2.2C2H6.CH3/c1-20(14-16-25-18-23-10-6-8-12-27(23)29(25)4)22(3)21(2)15-17-26-19-24-11-7-9-13-28(24)30(26)5;2*1-2;/h6-17H,18-19H2,1-5H3;2*1-2H3;1H3/q+1;;;-1. The number of anilines is 1. The summed E-state index contributed by atoms with van der Waals surface area (Å²) in [5.41, 5.74) is 12.1. The summed E-state index contributed by atoms with van der Waals surface area (Å²) >= 11 is 0. The van der Waals surface area contributed by atoms with Crippen molar-refractivity contribution in [3.05, 3.63) is 114 Å². The second-order valence-corrected chi connectivity index (χ2v) is 8.37. The van der Waals surface area contributed by atoms with Gasteiger partial charge in [0.25, 0.3) is 0 Å². The van der Waals surface area contributed by atoms with Crippen molar-refractivity contribution in [2.24, 2.45) is 0 Å². The van der Waals surface area contributed by atoms with Gasteiger partial charge in [0.1, 0.15) is 7.05 Å². The molecule has 0 unspecified atom stereocenters. The Kier molecular flexibility index (Phi) is 12.2. The molecule has 0 aromatic heterocycles. The molecule has 0 saturated carbocycles. The Labute approximate surface area is 215 Å². The number of rotatable bonds is 4. The van der Waals surface area contributed by atoms with Gasteiger partial charge in [0, 0.05) is 42.6 Å². The Balaban J connectivity index is 0.00000117. The summed E-state index contributed by atoms with van der Waals surface area (Å²) < 4.78 is 2.30. The average molecular weight is 471 g/mol. The number of benzene rings is 2. The quantitative estimate of drug-likeness (QED) is 0.246. The molecule has 2 nitrogen and oxygen atoms in total. The van der Waals surface area contributed by atoms with Crippen molar-refractivity contribution < 1.29 is 4.58 Å². The Morgan fingerprint density at radius 1 is 0.857 bits per heavy atom. The predicted molar refractivity (Wildman–Crippen MR) is 158 cm³/mol. The number of hydrogen-bond acceptors (Lipinski definition) is 1. The van der Waals surface area contributed by atoms with E-state index in [4.69, 9.17) is 0 Å². The van der Waals surface area contributed by atoms with Crippen molar-refractivity contribution in [1.29, 1.82) is 0 Å². The third kappa shape index (κ3) is 6.94. The number of fused-ring (bicyclic) bond motifs is 2. The van der Waals surface area contributed by atoms with Crippen LogP contribution in [0.1, 0.15) is 59.6 Å². The van der Waals surface area contributed by atoms with Gasteiger partial charge in [0.05, 0.1) is 6.42 Å². The lowest BCUT2D eigenvalue weighted by Gasteiger charge is -2.14. The zero-order valence-corrected chi connectivity index (χ0v) is 23.7. The number of allylic oxidation sites excluding steroid dienone is 8. The van der Waals surface area contributed by atoms with Crippen LogP contribution in [-0.2, 0) is 12.8 Å². The van der Waals surface area contributed by atoms with Crippen LogP contribution < -0.4 is 4.90 Å². The zero-order chi connectivity index (χ0) is 25.3. The first-order chi connectivity index (χ1) is 16.5. The van der Waals surface area contributed by atoms with Gasteiger partial charge in [0.15, 0.2) is 5.71 Å². The molecule has 188 valence electrons. The van der Waals surface area contributed by atoms with E-state index in [1.165, 1.54) is 50.6 Å². The fourth-order valence-corrected chi connectivity index (χ4v) is 4.26. The highest BCUT2D eigenvalue weighted by Crippen LogP contribution is 2.33. The van der Waals surface area contributed by atoms with Gasteiger partial charge >= 0.3 is 0 Å². The van der Waals surface area contributed by atoms with Crippen LogP contribution in [0.4, 0.5) is 11.4 Å². The van der Waals surface area contributed by atoms with Crippen LogP contribution >= 0.6 is 0 Å². The number of nitrogens with zero attached hydrogens (tertiary/aromatic N) is 2. The molecule has 2 aliphatic rings. The van der Waals surface area contributed by atoms with Crippen molar-refractivity contribution in [3.8, 4) is 0 Å². The maximum atomic E-state index is 2.30. The van der Waals surface area contributed by atoms with Crippen LogP contribution in [0.2, 0.25) is 0 Å². The van der Waals surface area contributed by atoms with E-state index in [0.29, 0.717) is 0 Å². The van der Waals surface area contributed by atoms with Crippen LogP contribution in [0.3, 0.4) is 0 Å².